The maximum Gasteiger partial charge on any atom is 0.472 e. The van der Waals surface area contributed by atoms with Crippen molar-refractivity contribution in [1.82, 2.24) is 31.9 Å². The van der Waals surface area contributed by atoms with Gasteiger partial charge in [-0.1, -0.05) is 388 Å². The predicted molar refractivity (Wildman–Crippen MR) is 461 cm³/mol. The Labute approximate surface area is 676 Å². The standard InChI is InChI=1S/C89H178N6O13P2/c1-7-13-19-25-31-35-39-43-49-55-61-67-85(96)92-81(65-59-53-47-29-23-17-11-5)71-73-83(94-87(98)69-63-57-51-45-41-37-33-27-21-15-9-3)79-107-109(101,102)105-77-75-90-89(100)91-76-78-106-110(103,104)108-80-84(95-88(99)70-64-58-52-46-42-38-34-28-22-16-10-4)74-72-82(66-60-54-48-30-24-18-12-6)93-86(97)68-62-56-50-44-40-36-32-26-20-14-8-2/h81-84H,7-80H2,1-6H3,(H,92,96)(H,93,97)(H,94,98)(H,95,99)(H,101,102)(H,103,104)(H2,90,91,100). The van der Waals surface area contributed by atoms with Gasteiger partial charge in [0, 0.05) is 50.9 Å². The second-order valence-corrected chi connectivity index (χ2v) is 35.5. The molecule has 0 aliphatic heterocycles. The highest BCUT2D eigenvalue weighted by molar-refractivity contribution is 7.47. The number of hydrogen-bond acceptors (Lipinski definition) is 11. The molecule has 0 aliphatic carbocycles. The van der Waals surface area contributed by atoms with Crippen molar-refractivity contribution in [2.75, 3.05) is 39.5 Å². The van der Waals surface area contributed by atoms with Gasteiger partial charge in [-0.15, -0.1) is 0 Å². The Balaban J connectivity index is 5.80. The zero-order valence-electron chi connectivity index (χ0n) is 72.4. The number of unbranched alkanes of at least 4 members (excludes halogenated alkanes) is 52. The monoisotopic (exact) mass is 1600 g/mol. The fraction of sp³-hybridized carbons (Fsp3) is 0.944. The number of urea groups is 1. The fourth-order valence-corrected chi connectivity index (χ4v) is 16.2. The van der Waals surface area contributed by atoms with Crippen LogP contribution >= 0.6 is 15.6 Å². The molecule has 0 fully saturated rings. The Morgan fingerprint density at radius 3 is 0.645 bits per heavy atom. The van der Waals surface area contributed by atoms with Crippen LogP contribution in [0, 0.1) is 0 Å². The molecule has 0 saturated carbocycles. The van der Waals surface area contributed by atoms with E-state index in [1.165, 1.54) is 244 Å². The minimum atomic E-state index is -4.68. The minimum absolute atomic E-state index is 0.0389. The summed E-state index contributed by atoms with van der Waals surface area (Å²) in [4.78, 5) is 88.6. The number of carbonyl (C=O) groups is 5. The highest BCUT2D eigenvalue weighted by atomic mass is 31.2. The number of phosphoric acid groups is 2. The summed E-state index contributed by atoms with van der Waals surface area (Å²) < 4.78 is 48.4. The molecule has 19 nitrogen and oxygen atoms in total. The number of nitrogens with one attached hydrogen (secondary N) is 6. The van der Waals surface area contributed by atoms with Gasteiger partial charge >= 0.3 is 21.7 Å². The van der Waals surface area contributed by atoms with Gasteiger partial charge < -0.3 is 41.7 Å². The van der Waals surface area contributed by atoms with Crippen LogP contribution in [0.2, 0.25) is 0 Å². The molecule has 0 radical (unpaired) electrons. The van der Waals surface area contributed by atoms with E-state index in [-0.39, 0.29) is 75.2 Å². The van der Waals surface area contributed by atoms with Crippen LogP contribution in [-0.4, -0.2) is 103 Å². The third-order valence-corrected chi connectivity index (χ3v) is 23.7. The van der Waals surface area contributed by atoms with Crippen LogP contribution in [0.25, 0.3) is 0 Å². The van der Waals surface area contributed by atoms with Gasteiger partial charge in [0.2, 0.25) is 23.6 Å². The van der Waals surface area contributed by atoms with Gasteiger partial charge in [-0.2, -0.15) is 0 Å². The van der Waals surface area contributed by atoms with E-state index in [4.69, 9.17) is 18.1 Å². The van der Waals surface area contributed by atoms with Crippen molar-refractivity contribution in [2.45, 2.75) is 502 Å². The summed E-state index contributed by atoms with van der Waals surface area (Å²) in [7, 11) is -9.35. The van der Waals surface area contributed by atoms with E-state index < -0.39 is 33.8 Å². The Hall–Kier alpha value is -2.63. The normalized spacial score (nSPS) is 13.8. The number of carbonyl (C=O) groups excluding carboxylic acids is 5. The van der Waals surface area contributed by atoms with Crippen molar-refractivity contribution in [3.05, 3.63) is 0 Å². The summed E-state index contributed by atoms with van der Waals surface area (Å²) in [6, 6.07) is -2.19. The van der Waals surface area contributed by atoms with Gasteiger partial charge in [-0.3, -0.25) is 37.3 Å². The van der Waals surface area contributed by atoms with E-state index in [0.717, 1.165) is 141 Å². The molecule has 0 heterocycles. The lowest BCUT2D eigenvalue weighted by Gasteiger charge is -2.24. The first-order valence-electron chi connectivity index (χ1n) is 47.0. The summed E-state index contributed by atoms with van der Waals surface area (Å²) in [5, 5.41) is 17.9. The third kappa shape index (κ3) is 77.9. The Bertz CT molecular complexity index is 2030. The molecule has 0 aliphatic rings. The van der Waals surface area contributed by atoms with Crippen LogP contribution in [0.5, 0.6) is 0 Å². The largest absolute Gasteiger partial charge is 0.472 e. The molecule has 0 aromatic carbocycles. The predicted octanol–water partition coefficient (Wildman–Crippen LogP) is 25.1. The van der Waals surface area contributed by atoms with E-state index >= 15 is 0 Å². The summed E-state index contributed by atoms with van der Waals surface area (Å²) in [6.07, 6.45) is 73.4. The smallest absolute Gasteiger partial charge is 0.353 e. The van der Waals surface area contributed by atoms with E-state index in [0.29, 0.717) is 51.4 Å². The Morgan fingerprint density at radius 1 is 0.245 bits per heavy atom. The zero-order chi connectivity index (χ0) is 80.6. The number of hydrogen-bond donors (Lipinski definition) is 8. The van der Waals surface area contributed by atoms with Gasteiger partial charge in [0.25, 0.3) is 0 Å². The van der Waals surface area contributed by atoms with Crippen LogP contribution in [0.15, 0.2) is 0 Å². The van der Waals surface area contributed by atoms with Crippen LogP contribution in [0.3, 0.4) is 0 Å². The molecule has 0 bridgehead atoms. The Kier molecular flexibility index (Phi) is 79.6. The lowest BCUT2D eigenvalue weighted by molar-refractivity contribution is -0.123. The second kappa shape index (κ2) is 81.5. The summed E-state index contributed by atoms with van der Waals surface area (Å²) in [5.74, 6) is -0.232. The van der Waals surface area contributed by atoms with Crippen molar-refractivity contribution >= 4 is 45.3 Å². The molecule has 0 aromatic heterocycles. The molecular weight excluding hydrogens is 1420 g/mol. The first-order chi connectivity index (χ1) is 53.5. The fourth-order valence-electron chi connectivity index (χ4n) is 14.6. The van der Waals surface area contributed by atoms with Gasteiger partial charge in [0.05, 0.1) is 38.5 Å². The quantitative estimate of drug-likeness (QED) is 0.0208. The average Bonchev–Trinajstić information content (AvgIpc) is 0.908. The van der Waals surface area contributed by atoms with Crippen molar-refractivity contribution in [3.8, 4) is 0 Å². The molecule has 0 saturated heterocycles. The molecule has 8 N–H and O–H groups in total. The van der Waals surface area contributed by atoms with Crippen molar-refractivity contribution in [2.24, 2.45) is 0 Å². The number of phosphoric ester groups is 2. The number of rotatable bonds is 88. The van der Waals surface area contributed by atoms with Crippen LogP contribution in [0.1, 0.15) is 478 Å². The van der Waals surface area contributed by atoms with Gasteiger partial charge in [-0.05, 0) is 64.2 Å². The van der Waals surface area contributed by atoms with E-state index in [1.807, 2.05) is 0 Å². The maximum atomic E-state index is 13.5. The highest BCUT2D eigenvalue weighted by Crippen LogP contribution is 2.44. The molecule has 6 amide bonds. The molecule has 0 rings (SSSR count). The molecule has 110 heavy (non-hydrogen) atoms. The topological polar surface area (TPSA) is 269 Å². The van der Waals surface area contributed by atoms with Crippen LogP contribution in [0.4, 0.5) is 4.79 Å². The SMILES string of the molecule is CCCCCCCCCCCCCC(=O)NC(CCCCCCCCC)CCC(COP(=O)(O)OCCNC(=O)NCCOP(=O)(O)OCC(CCC(CCCCCCCCC)NC(=O)CCCCCCCCCCCCC)NC(=O)CCCCCCCCCCCCC)NC(=O)CCCCCCCCCCCCC. The first-order valence-corrected chi connectivity index (χ1v) is 49.9. The van der Waals surface area contributed by atoms with E-state index in [2.05, 4.69) is 73.4 Å². The van der Waals surface area contributed by atoms with Crippen LogP contribution < -0.4 is 31.9 Å². The molecule has 6 atom stereocenters. The van der Waals surface area contributed by atoms with Crippen LogP contribution in [-0.2, 0) is 46.4 Å². The van der Waals surface area contributed by atoms with E-state index in [1.54, 1.807) is 0 Å². The van der Waals surface area contributed by atoms with Gasteiger partial charge in [0.15, 0.2) is 0 Å². The van der Waals surface area contributed by atoms with Crippen molar-refractivity contribution < 1.29 is 61.0 Å². The molecule has 0 aromatic rings. The average molecular weight is 1600 g/mol. The Morgan fingerprint density at radius 2 is 0.427 bits per heavy atom. The molecule has 652 valence electrons. The van der Waals surface area contributed by atoms with Gasteiger partial charge in [-0.25, -0.2) is 13.9 Å². The second-order valence-electron chi connectivity index (χ2n) is 32.6. The summed E-state index contributed by atoms with van der Waals surface area (Å²) in [6.45, 7) is 11.7. The summed E-state index contributed by atoms with van der Waals surface area (Å²) >= 11 is 0. The van der Waals surface area contributed by atoms with Crippen molar-refractivity contribution in [3.63, 3.8) is 0 Å². The third-order valence-electron chi connectivity index (χ3n) is 21.7. The minimum Gasteiger partial charge on any atom is -0.353 e. The molecule has 21 heteroatoms. The van der Waals surface area contributed by atoms with Gasteiger partial charge in [0.1, 0.15) is 0 Å². The lowest BCUT2D eigenvalue weighted by atomic mass is 9.99. The highest BCUT2D eigenvalue weighted by Gasteiger charge is 2.28. The molecular formula is C89H178N6O13P2. The first kappa shape index (κ1) is 107. The maximum absolute atomic E-state index is 13.5. The lowest BCUT2D eigenvalue weighted by Crippen LogP contribution is -2.41. The summed E-state index contributed by atoms with van der Waals surface area (Å²) in [5.41, 5.74) is 0. The zero-order valence-corrected chi connectivity index (χ0v) is 74.2. The van der Waals surface area contributed by atoms with Crippen molar-refractivity contribution in [1.29, 1.82) is 0 Å². The molecule has 6 unspecified atom stereocenters. The molecule has 0 spiro atoms. The van der Waals surface area contributed by atoms with E-state index in [9.17, 15) is 42.9 Å². The number of amides is 6.